The van der Waals surface area contributed by atoms with E-state index in [-0.39, 0.29) is 17.9 Å². The van der Waals surface area contributed by atoms with Gasteiger partial charge in [0, 0.05) is 25.4 Å². The number of nitrogens with two attached hydrogens (primary N) is 1. The molecule has 2 amide bonds. The van der Waals surface area contributed by atoms with Crippen molar-refractivity contribution in [2.24, 2.45) is 5.73 Å². The molecule has 1 saturated heterocycles. The lowest BCUT2D eigenvalue weighted by Gasteiger charge is -2.13. The Morgan fingerprint density at radius 1 is 1.38 bits per heavy atom. The molecule has 1 aliphatic rings. The van der Waals surface area contributed by atoms with Crippen molar-refractivity contribution in [3.05, 3.63) is 0 Å². The lowest BCUT2D eigenvalue weighted by molar-refractivity contribution is -0.138. The average molecular weight is 184 g/mol. The predicted octanol–water partition coefficient (Wildman–Crippen LogP) is 0.263. The molecule has 0 aromatic rings. The summed E-state index contributed by atoms with van der Waals surface area (Å²) in [6, 6.07) is 0.146. The maximum Gasteiger partial charge on any atom is 0.229 e. The summed E-state index contributed by atoms with van der Waals surface area (Å²) in [6.45, 7) is 2.47. The average Bonchev–Trinajstić information content (AvgIpc) is 2.34. The van der Waals surface area contributed by atoms with Crippen molar-refractivity contribution in [1.82, 2.24) is 4.90 Å². The fraction of sp³-hybridized carbons (Fsp3) is 0.778. The van der Waals surface area contributed by atoms with Crippen molar-refractivity contribution < 1.29 is 9.59 Å². The molecule has 1 rings (SSSR count). The highest BCUT2D eigenvalue weighted by molar-refractivity contribution is 6.01. The van der Waals surface area contributed by atoms with E-state index in [1.54, 1.807) is 0 Å². The van der Waals surface area contributed by atoms with Gasteiger partial charge in [-0.15, -0.1) is 0 Å². The number of carbonyl (C=O) groups excluding carboxylic acids is 2. The van der Waals surface area contributed by atoms with Gasteiger partial charge in [0.15, 0.2) is 0 Å². The molecule has 13 heavy (non-hydrogen) atoms. The molecule has 0 saturated carbocycles. The third-order valence-electron chi connectivity index (χ3n) is 2.20. The highest BCUT2D eigenvalue weighted by Gasteiger charge is 2.27. The van der Waals surface area contributed by atoms with Gasteiger partial charge in [-0.3, -0.25) is 14.5 Å². The van der Waals surface area contributed by atoms with Crippen molar-refractivity contribution in [3.63, 3.8) is 0 Å². The maximum atomic E-state index is 11.1. The minimum atomic E-state index is -0.0327. The molecule has 0 spiro atoms. The quantitative estimate of drug-likeness (QED) is 0.637. The monoisotopic (exact) mass is 184 g/mol. The first-order chi connectivity index (χ1) is 6.11. The molecule has 1 fully saturated rings. The van der Waals surface area contributed by atoms with E-state index < -0.39 is 0 Å². The van der Waals surface area contributed by atoms with Gasteiger partial charge in [0.2, 0.25) is 11.8 Å². The Kier molecular flexibility index (Phi) is 3.42. The topological polar surface area (TPSA) is 63.4 Å². The molecule has 0 radical (unpaired) electrons. The number of rotatable bonds is 4. The van der Waals surface area contributed by atoms with Crippen LogP contribution in [0.2, 0.25) is 0 Å². The van der Waals surface area contributed by atoms with Gasteiger partial charge in [-0.2, -0.15) is 0 Å². The molecule has 0 bridgehead atoms. The normalized spacial score (nSPS) is 19.7. The summed E-state index contributed by atoms with van der Waals surface area (Å²) in [7, 11) is 0. The van der Waals surface area contributed by atoms with E-state index in [9.17, 15) is 9.59 Å². The fourth-order valence-electron chi connectivity index (χ4n) is 1.44. The van der Waals surface area contributed by atoms with Gasteiger partial charge in [0.05, 0.1) is 0 Å². The largest absolute Gasteiger partial charge is 0.328 e. The smallest absolute Gasteiger partial charge is 0.229 e. The van der Waals surface area contributed by atoms with Crippen LogP contribution in [0.1, 0.15) is 32.6 Å². The van der Waals surface area contributed by atoms with Crippen molar-refractivity contribution in [2.45, 2.75) is 38.6 Å². The Hall–Kier alpha value is -0.900. The molecular formula is C9H16N2O2. The summed E-state index contributed by atoms with van der Waals surface area (Å²) in [5.74, 6) is -0.0654. The highest BCUT2D eigenvalue weighted by Crippen LogP contribution is 2.12. The van der Waals surface area contributed by atoms with Crippen LogP contribution in [0.4, 0.5) is 0 Å². The van der Waals surface area contributed by atoms with Crippen LogP contribution in [0, 0.1) is 0 Å². The van der Waals surface area contributed by atoms with Gasteiger partial charge in [-0.05, 0) is 19.8 Å². The molecule has 0 aromatic carbocycles. The first-order valence-electron chi connectivity index (χ1n) is 4.70. The molecule has 1 atom stereocenters. The number of likely N-dealkylation sites (tertiary alicyclic amines) is 1. The summed E-state index contributed by atoms with van der Waals surface area (Å²) in [6.07, 6.45) is 2.44. The fourth-order valence-corrected chi connectivity index (χ4v) is 1.44. The van der Waals surface area contributed by atoms with Gasteiger partial charge in [-0.25, -0.2) is 0 Å². The van der Waals surface area contributed by atoms with Gasteiger partial charge in [0.1, 0.15) is 0 Å². The number of imide groups is 1. The SMILES string of the molecule is CC(N)CCCN1C(=O)CCC1=O. The van der Waals surface area contributed by atoms with Gasteiger partial charge in [0.25, 0.3) is 0 Å². The molecule has 2 N–H and O–H groups in total. The minimum Gasteiger partial charge on any atom is -0.328 e. The molecule has 74 valence electrons. The van der Waals surface area contributed by atoms with Crippen LogP contribution in [-0.4, -0.2) is 29.3 Å². The summed E-state index contributed by atoms with van der Waals surface area (Å²) in [5, 5.41) is 0. The number of nitrogens with zero attached hydrogens (tertiary/aromatic N) is 1. The molecule has 1 unspecified atom stereocenters. The summed E-state index contributed by atoms with van der Waals surface area (Å²) in [4.78, 5) is 23.6. The number of hydrogen-bond acceptors (Lipinski definition) is 3. The van der Waals surface area contributed by atoms with E-state index in [2.05, 4.69) is 0 Å². The third-order valence-corrected chi connectivity index (χ3v) is 2.20. The van der Waals surface area contributed by atoms with Crippen LogP contribution in [0.15, 0.2) is 0 Å². The Morgan fingerprint density at radius 3 is 2.38 bits per heavy atom. The van der Waals surface area contributed by atoms with E-state index in [1.165, 1.54) is 4.90 Å². The van der Waals surface area contributed by atoms with Gasteiger partial charge >= 0.3 is 0 Å². The van der Waals surface area contributed by atoms with Crippen molar-refractivity contribution in [3.8, 4) is 0 Å². The van der Waals surface area contributed by atoms with Crippen LogP contribution in [-0.2, 0) is 9.59 Å². The zero-order valence-corrected chi connectivity index (χ0v) is 7.95. The Bertz CT molecular complexity index is 198. The van der Waals surface area contributed by atoms with Gasteiger partial charge < -0.3 is 5.73 Å². The lowest BCUT2D eigenvalue weighted by Crippen LogP contribution is -2.30. The van der Waals surface area contributed by atoms with E-state index >= 15 is 0 Å². The van der Waals surface area contributed by atoms with Crippen LogP contribution in [0.5, 0.6) is 0 Å². The molecule has 1 aliphatic heterocycles. The Balaban J connectivity index is 2.27. The first-order valence-corrected chi connectivity index (χ1v) is 4.70. The molecule has 4 heteroatoms. The standard InChI is InChI=1S/C9H16N2O2/c1-7(10)3-2-6-11-8(12)4-5-9(11)13/h7H,2-6,10H2,1H3. The van der Waals surface area contributed by atoms with Crippen molar-refractivity contribution in [2.75, 3.05) is 6.54 Å². The van der Waals surface area contributed by atoms with E-state index in [0.29, 0.717) is 19.4 Å². The van der Waals surface area contributed by atoms with Crippen LogP contribution >= 0.6 is 0 Å². The second kappa shape index (κ2) is 4.37. The molecule has 1 heterocycles. The second-order valence-electron chi connectivity index (χ2n) is 3.56. The second-order valence-corrected chi connectivity index (χ2v) is 3.56. The van der Waals surface area contributed by atoms with E-state index in [0.717, 1.165) is 12.8 Å². The number of carbonyl (C=O) groups is 2. The number of amides is 2. The van der Waals surface area contributed by atoms with Gasteiger partial charge in [-0.1, -0.05) is 0 Å². The van der Waals surface area contributed by atoms with Crippen molar-refractivity contribution >= 4 is 11.8 Å². The van der Waals surface area contributed by atoms with Crippen LogP contribution in [0.25, 0.3) is 0 Å². The zero-order valence-electron chi connectivity index (χ0n) is 7.95. The maximum absolute atomic E-state index is 11.1. The van der Waals surface area contributed by atoms with E-state index in [4.69, 9.17) is 5.73 Å². The predicted molar refractivity (Wildman–Crippen MR) is 48.8 cm³/mol. The summed E-state index contributed by atoms with van der Waals surface area (Å²) in [5.41, 5.74) is 5.56. The highest BCUT2D eigenvalue weighted by atomic mass is 16.2. The Morgan fingerprint density at radius 2 is 1.92 bits per heavy atom. The van der Waals surface area contributed by atoms with Crippen LogP contribution in [0.3, 0.4) is 0 Å². The Labute approximate surface area is 78.1 Å². The third kappa shape index (κ3) is 2.81. The summed E-state index contributed by atoms with van der Waals surface area (Å²) < 4.78 is 0. The van der Waals surface area contributed by atoms with Crippen molar-refractivity contribution in [1.29, 1.82) is 0 Å². The number of hydrogen-bond donors (Lipinski definition) is 1. The van der Waals surface area contributed by atoms with E-state index in [1.807, 2.05) is 6.92 Å². The molecule has 4 nitrogen and oxygen atoms in total. The molecule has 0 aliphatic carbocycles. The molecule has 0 aromatic heterocycles. The first kappa shape index (κ1) is 10.2. The zero-order chi connectivity index (χ0) is 9.84. The lowest BCUT2D eigenvalue weighted by atomic mass is 10.2. The molecular weight excluding hydrogens is 168 g/mol. The summed E-state index contributed by atoms with van der Waals surface area (Å²) >= 11 is 0. The van der Waals surface area contributed by atoms with Crippen LogP contribution < -0.4 is 5.73 Å². The minimum absolute atomic E-state index is 0.0327.